The van der Waals surface area contributed by atoms with Gasteiger partial charge in [0.25, 0.3) is 11.8 Å². The molecule has 0 bridgehead atoms. The largest absolute Gasteiger partial charge is 0.497 e. The summed E-state index contributed by atoms with van der Waals surface area (Å²) in [5, 5.41) is 0. The van der Waals surface area contributed by atoms with Gasteiger partial charge in [-0.1, -0.05) is 18.2 Å². The van der Waals surface area contributed by atoms with Crippen molar-refractivity contribution in [3.05, 3.63) is 59.7 Å². The lowest BCUT2D eigenvalue weighted by Crippen LogP contribution is -2.41. The minimum atomic E-state index is 0.0225. The van der Waals surface area contributed by atoms with Gasteiger partial charge in [0.1, 0.15) is 11.5 Å². The molecule has 170 valence electrons. The van der Waals surface area contributed by atoms with Crippen LogP contribution in [0, 0.1) is 5.92 Å². The number of carbonyl (C=O) groups is 2. The summed E-state index contributed by atoms with van der Waals surface area (Å²) in [5.41, 5.74) is 1.28. The summed E-state index contributed by atoms with van der Waals surface area (Å²) in [6.07, 6.45) is 5.26. The van der Waals surface area contributed by atoms with E-state index in [4.69, 9.17) is 9.47 Å². The standard InChI is InChI=1S/C26H32N2O4/c1-31-22-11-7-10-21(17-22)25(29)28-16-8-9-20(18-28)19-32-24-13-4-3-12-23(24)26(30)27-14-5-2-6-15-27/h3-4,7,10-13,17,20H,2,5-6,8-9,14-16,18-19H2,1H3. The van der Waals surface area contributed by atoms with Crippen molar-refractivity contribution in [1.29, 1.82) is 0 Å². The monoisotopic (exact) mass is 436 g/mol. The third-order valence-corrected chi connectivity index (χ3v) is 6.36. The van der Waals surface area contributed by atoms with E-state index in [0.29, 0.717) is 35.8 Å². The molecule has 32 heavy (non-hydrogen) atoms. The zero-order valence-electron chi connectivity index (χ0n) is 18.8. The van der Waals surface area contributed by atoms with Gasteiger partial charge in [0.2, 0.25) is 0 Å². The van der Waals surface area contributed by atoms with Crippen molar-refractivity contribution in [2.24, 2.45) is 5.92 Å². The lowest BCUT2D eigenvalue weighted by Gasteiger charge is -2.33. The number of amides is 2. The summed E-state index contributed by atoms with van der Waals surface area (Å²) in [6.45, 7) is 3.52. The SMILES string of the molecule is COc1cccc(C(=O)N2CCCC(COc3ccccc3C(=O)N3CCCCC3)C2)c1. The Morgan fingerprint density at radius 1 is 0.906 bits per heavy atom. The molecule has 0 aromatic heterocycles. The van der Waals surface area contributed by atoms with Crippen LogP contribution >= 0.6 is 0 Å². The number of nitrogens with zero attached hydrogens (tertiary/aromatic N) is 2. The molecular weight excluding hydrogens is 404 g/mol. The minimum absolute atomic E-state index is 0.0225. The minimum Gasteiger partial charge on any atom is -0.497 e. The van der Waals surface area contributed by atoms with Crippen molar-refractivity contribution in [3.63, 3.8) is 0 Å². The first-order valence-corrected chi connectivity index (χ1v) is 11.6. The van der Waals surface area contributed by atoms with Crippen LogP contribution in [0.3, 0.4) is 0 Å². The van der Waals surface area contributed by atoms with Gasteiger partial charge in [-0.15, -0.1) is 0 Å². The van der Waals surface area contributed by atoms with Gasteiger partial charge >= 0.3 is 0 Å². The molecule has 0 N–H and O–H groups in total. The highest BCUT2D eigenvalue weighted by molar-refractivity contribution is 5.97. The van der Waals surface area contributed by atoms with E-state index in [1.165, 1.54) is 6.42 Å². The average molecular weight is 437 g/mol. The molecule has 2 heterocycles. The van der Waals surface area contributed by atoms with E-state index < -0.39 is 0 Å². The lowest BCUT2D eigenvalue weighted by molar-refractivity contribution is 0.0631. The Morgan fingerprint density at radius 3 is 2.50 bits per heavy atom. The quantitative estimate of drug-likeness (QED) is 0.679. The molecule has 0 radical (unpaired) electrons. The van der Waals surface area contributed by atoms with Gasteiger partial charge in [-0.25, -0.2) is 0 Å². The molecular formula is C26H32N2O4. The number of benzene rings is 2. The van der Waals surface area contributed by atoms with Crippen LogP contribution in [-0.4, -0.2) is 61.5 Å². The van der Waals surface area contributed by atoms with Crippen molar-refractivity contribution >= 4 is 11.8 Å². The predicted molar refractivity (Wildman–Crippen MR) is 123 cm³/mol. The summed E-state index contributed by atoms with van der Waals surface area (Å²) in [4.78, 5) is 29.8. The van der Waals surface area contributed by atoms with Crippen molar-refractivity contribution in [3.8, 4) is 11.5 Å². The summed E-state index contributed by atoms with van der Waals surface area (Å²) in [6, 6.07) is 14.8. The number of methoxy groups -OCH3 is 1. The topological polar surface area (TPSA) is 59.1 Å². The number of ether oxygens (including phenoxy) is 2. The van der Waals surface area contributed by atoms with E-state index in [9.17, 15) is 9.59 Å². The Bertz CT molecular complexity index is 939. The van der Waals surface area contributed by atoms with Gasteiger partial charge in [-0.05, 0) is 62.4 Å². The van der Waals surface area contributed by atoms with Gasteiger partial charge in [-0.3, -0.25) is 9.59 Å². The Hall–Kier alpha value is -3.02. The predicted octanol–water partition coefficient (Wildman–Crippen LogP) is 4.25. The zero-order chi connectivity index (χ0) is 22.3. The van der Waals surface area contributed by atoms with Gasteiger partial charge in [-0.2, -0.15) is 0 Å². The van der Waals surface area contributed by atoms with Gasteiger partial charge in [0.05, 0.1) is 19.3 Å². The van der Waals surface area contributed by atoms with E-state index in [2.05, 4.69) is 0 Å². The lowest BCUT2D eigenvalue weighted by atomic mass is 9.98. The average Bonchev–Trinajstić information content (AvgIpc) is 2.87. The fraction of sp³-hybridized carbons (Fsp3) is 0.462. The molecule has 0 spiro atoms. The maximum atomic E-state index is 13.0. The number of rotatable bonds is 6. The molecule has 2 saturated heterocycles. The molecule has 2 fully saturated rings. The molecule has 6 heteroatoms. The van der Waals surface area contributed by atoms with Gasteiger partial charge < -0.3 is 19.3 Å². The smallest absolute Gasteiger partial charge is 0.257 e. The number of carbonyl (C=O) groups excluding carboxylic acids is 2. The van der Waals surface area contributed by atoms with Gasteiger partial charge in [0, 0.05) is 37.7 Å². The molecule has 2 aromatic rings. The molecule has 1 unspecified atom stereocenters. The number of piperidine rings is 2. The van der Waals surface area contributed by atoms with E-state index >= 15 is 0 Å². The molecule has 4 rings (SSSR count). The molecule has 2 aromatic carbocycles. The first-order chi connectivity index (χ1) is 15.7. The van der Waals surface area contributed by atoms with Crippen LogP contribution in [0.25, 0.3) is 0 Å². The van der Waals surface area contributed by atoms with Crippen LogP contribution in [0.5, 0.6) is 11.5 Å². The first-order valence-electron chi connectivity index (χ1n) is 11.6. The fourth-order valence-corrected chi connectivity index (χ4v) is 4.57. The third-order valence-electron chi connectivity index (χ3n) is 6.36. The molecule has 2 aliphatic rings. The van der Waals surface area contributed by atoms with Crippen LogP contribution in [-0.2, 0) is 0 Å². The maximum Gasteiger partial charge on any atom is 0.257 e. The highest BCUT2D eigenvalue weighted by Crippen LogP contribution is 2.25. The van der Waals surface area contributed by atoms with Crippen molar-refractivity contribution < 1.29 is 19.1 Å². The van der Waals surface area contributed by atoms with E-state index in [-0.39, 0.29) is 17.7 Å². The highest BCUT2D eigenvalue weighted by Gasteiger charge is 2.26. The zero-order valence-corrected chi connectivity index (χ0v) is 18.8. The summed E-state index contributed by atoms with van der Waals surface area (Å²) < 4.78 is 11.4. The summed E-state index contributed by atoms with van der Waals surface area (Å²) >= 11 is 0. The Labute approximate surface area is 190 Å². The van der Waals surface area contributed by atoms with Crippen molar-refractivity contribution in [2.45, 2.75) is 32.1 Å². The Balaban J connectivity index is 1.38. The number of para-hydroxylation sites is 1. The second-order valence-corrected chi connectivity index (χ2v) is 8.65. The van der Waals surface area contributed by atoms with Crippen LogP contribution in [0.15, 0.2) is 48.5 Å². The van der Waals surface area contributed by atoms with Crippen LogP contribution in [0.1, 0.15) is 52.8 Å². The molecule has 2 amide bonds. The van der Waals surface area contributed by atoms with Crippen LogP contribution < -0.4 is 9.47 Å². The number of likely N-dealkylation sites (tertiary alicyclic amines) is 2. The van der Waals surface area contributed by atoms with E-state index in [1.807, 2.05) is 52.3 Å². The van der Waals surface area contributed by atoms with E-state index in [0.717, 1.165) is 45.3 Å². The Morgan fingerprint density at radius 2 is 1.69 bits per heavy atom. The summed E-state index contributed by atoms with van der Waals surface area (Å²) in [7, 11) is 1.60. The van der Waals surface area contributed by atoms with Crippen LogP contribution in [0.2, 0.25) is 0 Å². The highest BCUT2D eigenvalue weighted by atomic mass is 16.5. The maximum absolute atomic E-state index is 13.0. The Kier molecular flexibility index (Phi) is 7.30. The van der Waals surface area contributed by atoms with E-state index in [1.54, 1.807) is 13.2 Å². The van der Waals surface area contributed by atoms with Crippen molar-refractivity contribution in [2.75, 3.05) is 39.9 Å². The van der Waals surface area contributed by atoms with Gasteiger partial charge in [0.15, 0.2) is 0 Å². The normalized spacial score (nSPS) is 18.8. The number of hydrogen-bond donors (Lipinski definition) is 0. The first kappa shape index (κ1) is 22.2. The second-order valence-electron chi connectivity index (χ2n) is 8.65. The molecule has 0 aliphatic carbocycles. The summed E-state index contributed by atoms with van der Waals surface area (Å²) in [5.74, 6) is 1.63. The van der Waals surface area contributed by atoms with Crippen molar-refractivity contribution in [1.82, 2.24) is 9.80 Å². The molecule has 6 nitrogen and oxygen atoms in total. The fourth-order valence-electron chi connectivity index (χ4n) is 4.57. The molecule has 0 saturated carbocycles. The molecule has 1 atom stereocenters. The third kappa shape index (κ3) is 5.23. The van der Waals surface area contributed by atoms with Crippen LogP contribution in [0.4, 0.5) is 0 Å². The molecule has 2 aliphatic heterocycles. The second kappa shape index (κ2) is 10.5. The number of hydrogen-bond acceptors (Lipinski definition) is 4.